The van der Waals surface area contributed by atoms with E-state index < -0.39 is 113 Å². The quantitative estimate of drug-likeness (QED) is 0.0230. The van der Waals surface area contributed by atoms with E-state index in [0.717, 1.165) is 38.5 Å². The molecule has 7 unspecified atom stereocenters. The molecular formula is C98H118F6O17S4. The molecule has 9 saturated carbocycles. The predicted molar refractivity (Wildman–Crippen MR) is 475 cm³/mol. The maximum Gasteiger partial charge on any atom is 0.426 e. The Morgan fingerprint density at radius 1 is 0.448 bits per heavy atom. The number of fused-ring (bicyclic) bond motifs is 6. The van der Waals surface area contributed by atoms with Crippen LogP contribution in [-0.2, 0) is 67.9 Å². The number of phenols is 1. The van der Waals surface area contributed by atoms with Crippen LogP contribution in [0.1, 0.15) is 223 Å². The molecule has 1 N–H and O–H groups in total. The number of carbonyl (C=O) groups excluding carboxylic acids is 5. The monoisotopic (exact) mass is 1810 g/mol. The number of thiophene rings is 2. The fourth-order valence-corrected chi connectivity index (χ4v) is 25.5. The summed E-state index contributed by atoms with van der Waals surface area (Å²) in [5.41, 5.74) is -5.20. The molecule has 9 fully saturated rings. The minimum absolute atomic E-state index is 0.00100. The number of benzene rings is 7. The predicted octanol–water partition coefficient (Wildman–Crippen LogP) is 24.3. The standard InChI is InChI=1S/2C20H29F3O7S.2C18H13S.C12H22O2.C10H14O/c2*1-4-17(2,3)15(24)30-19-8-12-5-13(9-19)7-18(6-12,11-19)16(25)29-14(20(21,22)23)10-31(26,27)28;2*1-2-8-14(9-3-1)19-17-12-6-4-10-15(17)16-11-5-7-13-18(16)19;1-5-11(2,3)10(13)14-12(4)8-6-7-9-12;1-3-8(2)9-5-4-6-10(11)7-9/h2*12-14H,4-11H2,1-3H3,(H,26,27,28);2*1-13H;5-9H2,1-4H3;4-8,11H,3H2,1-2H3/q;;2*+1;;/p-2. The highest BCUT2D eigenvalue weighted by molar-refractivity contribution is 7.86. The minimum atomic E-state index is -5.27. The average molecular weight is 1810 g/mol. The average Bonchev–Trinajstić information content (AvgIpc) is 1.72. The Bertz CT molecular complexity index is 5110. The molecule has 7 aromatic carbocycles. The number of carbonyl (C=O) groups is 5. The number of aromatic hydroxyl groups is 1. The van der Waals surface area contributed by atoms with Gasteiger partial charge in [0.25, 0.3) is 0 Å². The van der Waals surface area contributed by atoms with Gasteiger partial charge >= 0.3 is 42.2 Å². The van der Waals surface area contributed by atoms with Crippen LogP contribution in [0.2, 0.25) is 0 Å². The van der Waals surface area contributed by atoms with Gasteiger partial charge in [0.2, 0.25) is 12.2 Å². The number of hydrogen-bond acceptors (Lipinski definition) is 17. The summed E-state index contributed by atoms with van der Waals surface area (Å²) >= 11 is 0. The first-order valence-electron chi connectivity index (χ1n) is 43.4. The van der Waals surface area contributed by atoms with Gasteiger partial charge in [-0.25, -0.2) is 16.8 Å². The van der Waals surface area contributed by atoms with Gasteiger partial charge in [0, 0.05) is 55.3 Å². The van der Waals surface area contributed by atoms with Crippen LogP contribution >= 0.6 is 20.9 Å². The highest BCUT2D eigenvalue weighted by Crippen LogP contribution is 2.66. The summed E-state index contributed by atoms with van der Waals surface area (Å²) < 4.78 is 177. The van der Waals surface area contributed by atoms with E-state index in [2.05, 4.69) is 188 Å². The summed E-state index contributed by atoms with van der Waals surface area (Å²) in [6, 6.07) is 64.3. The maximum atomic E-state index is 13.3. The molecule has 125 heavy (non-hydrogen) atoms. The van der Waals surface area contributed by atoms with Crippen LogP contribution < -0.4 is 0 Å². The van der Waals surface area contributed by atoms with Crippen LogP contribution in [0.4, 0.5) is 26.3 Å². The van der Waals surface area contributed by atoms with Crippen LogP contribution in [0.3, 0.4) is 0 Å². The molecule has 9 aliphatic rings. The maximum absolute atomic E-state index is 13.3. The van der Waals surface area contributed by atoms with Crippen molar-refractivity contribution in [2.24, 2.45) is 50.7 Å². The zero-order valence-electron chi connectivity index (χ0n) is 73.3. The summed E-state index contributed by atoms with van der Waals surface area (Å²) in [6.45, 7) is 23.0. The number of phenolic OH excluding ortho intramolecular Hbond substituents is 1. The molecule has 0 radical (unpaired) electrons. The van der Waals surface area contributed by atoms with E-state index in [1.54, 1.807) is 33.8 Å². The topological polar surface area (TPSA) is 266 Å². The van der Waals surface area contributed by atoms with Crippen molar-refractivity contribution in [2.45, 2.75) is 259 Å². The Hall–Kier alpha value is -8.47. The first kappa shape index (κ1) is 97.1. The van der Waals surface area contributed by atoms with Crippen molar-refractivity contribution in [3.8, 4) is 15.5 Å². The molecule has 9 aromatic rings. The van der Waals surface area contributed by atoms with Gasteiger partial charge in [-0.3, -0.25) is 24.0 Å². The van der Waals surface area contributed by atoms with Crippen LogP contribution in [0.15, 0.2) is 182 Å². The number of rotatable bonds is 21. The first-order chi connectivity index (χ1) is 58.5. The van der Waals surface area contributed by atoms with E-state index in [1.165, 1.54) is 68.5 Å². The van der Waals surface area contributed by atoms with Crippen molar-refractivity contribution in [3.05, 3.63) is 188 Å². The Kier molecular flexibility index (Phi) is 29.9. The van der Waals surface area contributed by atoms with E-state index in [-0.39, 0.29) is 74.4 Å². The van der Waals surface area contributed by atoms with Crippen molar-refractivity contribution in [1.29, 1.82) is 0 Å². The minimum Gasteiger partial charge on any atom is -0.748 e. The van der Waals surface area contributed by atoms with Crippen LogP contribution in [0.5, 0.6) is 5.75 Å². The fraction of sp³-hybridized carbons (Fsp3) is 0.520. The first-order valence-corrected chi connectivity index (χ1v) is 49.0. The van der Waals surface area contributed by atoms with Gasteiger partial charge in [-0.05, 0) is 284 Å². The number of halogens is 6. The molecule has 7 atom stereocenters. The lowest BCUT2D eigenvalue weighted by Crippen LogP contribution is -2.61. The van der Waals surface area contributed by atoms with Crippen molar-refractivity contribution in [1.82, 2.24) is 0 Å². The van der Waals surface area contributed by atoms with Crippen molar-refractivity contribution in [2.75, 3.05) is 11.5 Å². The molecule has 8 bridgehead atoms. The molecular weight excluding hydrogens is 1690 g/mol. The van der Waals surface area contributed by atoms with Gasteiger partial charge in [-0.2, -0.15) is 26.3 Å². The van der Waals surface area contributed by atoms with E-state index in [1.807, 2.05) is 52.8 Å². The number of esters is 5. The largest absolute Gasteiger partial charge is 0.748 e. The summed E-state index contributed by atoms with van der Waals surface area (Å²) in [7, 11) is -10.4. The zero-order valence-corrected chi connectivity index (χ0v) is 76.6. The molecule has 0 aliphatic heterocycles. The molecule has 0 spiro atoms. The molecule has 9 aliphatic carbocycles. The van der Waals surface area contributed by atoms with Crippen LogP contribution in [0, 0.1) is 50.7 Å². The lowest BCUT2D eigenvalue weighted by atomic mass is 9.48. The van der Waals surface area contributed by atoms with Crippen LogP contribution in [0.25, 0.3) is 50.1 Å². The SMILES string of the molecule is CCC(C)(C)C(=O)OC1(C)CCCC1.CCC(C)(C)C(=O)OC12CC3CC(C1)CC(C(=O)OC(CS(=O)(=O)[O-])C(F)(F)F)(C3)C2.CCC(C)(C)C(=O)OC12CC3CC(C1)CC(C(=O)OC(CS(=O)(=O)[O-])C(F)(F)F)(C3)C2.CCC(C)c1cccc(O)c1.c1ccc(-[s+]2c3ccccc3c3ccccc32)cc1.c1ccc(-[s+]2c3ccccc3c3ccccc32)cc1. The summed E-state index contributed by atoms with van der Waals surface area (Å²) in [4.78, 5) is 66.0. The molecule has 27 heteroatoms. The molecule has 0 amide bonds. The highest BCUT2D eigenvalue weighted by atomic mass is 32.2. The van der Waals surface area contributed by atoms with E-state index in [4.69, 9.17) is 19.3 Å². The van der Waals surface area contributed by atoms with Crippen LogP contribution in [-0.4, -0.2) is 114 Å². The summed E-state index contributed by atoms with van der Waals surface area (Å²) in [6.07, 6.45) is -3.90. The molecule has 2 heterocycles. The Morgan fingerprint density at radius 2 is 0.752 bits per heavy atom. The molecule has 678 valence electrons. The second-order valence-corrected chi connectivity index (χ2v) is 44.7. The Balaban J connectivity index is 0.000000151. The van der Waals surface area contributed by atoms with Gasteiger partial charge in [0.1, 0.15) is 22.6 Å². The normalized spacial score (nSPS) is 23.6. The lowest BCUT2D eigenvalue weighted by Gasteiger charge is -2.60. The third kappa shape index (κ3) is 23.4. The smallest absolute Gasteiger partial charge is 0.426 e. The van der Waals surface area contributed by atoms with E-state index in [9.17, 15) is 76.3 Å². The second kappa shape index (κ2) is 38.4. The van der Waals surface area contributed by atoms with Crippen molar-refractivity contribution >= 4 is 111 Å². The number of ether oxygens (including phenoxy) is 5. The van der Waals surface area contributed by atoms with E-state index >= 15 is 0 Å². The lowest BCUT2D eigenvalue weighted by molar-refractivity contribution is -0.239. The van der Waals surface area contributed by atoms with Crippen molar-refractivity contribution in [3.63, 3.8) is 0 Å². The van der Waals surface area contributed by atoms with Crippen molar-refractivity contribution < 1.29 is 105 Å². The number of hydrogen-bond donors (Lipinski definition) is 1. The second-order valence-electron chi connectivity index (χ2n) is 37.8. The third-order valence-corrected chi connectivity index (χ3v) is 32.9. The summed E-state index contributed by atoms with van der Waals surface area (Å²) in [5, 5.41) is 14.7. The van der Waals surface area contributed by atoms with Gasteiger partial charge in [-0.15, -0.1) is 0 Å². The third-order valence-electron chi connectivity index (χ3n) is 26.8. The Morgan fingerprint density at radius 3 is 1.04 bits per heavy atom. The summed E-state index contributed by atoms with van der Waals surface area (Å²) in [5.74, 6) is -6.01. The van der Waals surface area contributed by atoms with Gasteiger partial charge in [-0.1, -0.05) is 132 Å². The fourth-order valence-electron chi connectivity index (χ4n) is 19.4. The Labute approximate surface area is 735 Å². The van der Waals surface area contributed by atoms with E-state index in [0.29, 0.717) is 75.9 Å². The van der Waals surface area contributed by atoms with Gasteiger partial charge < -0.3 is 37.9 Å². The molecule has 18 rings (SSSR count). The highest BCUT2D eigenvalue weighted by Gasteiger charge is 2.66. The number of alkyl halides is 6. The zero-order chi connectivity index (χ0) is 91.3. The molecule has 2 aromatic heterocycles. The van der Waals surface area contributed by atoms with Gasteiger partial charge in [0.15, 0.2) is 28.6 Å². The van der Waals surface area contributed by atoms with Gasteiger partial charge in [0.05, 0.1) is 58.8 Å². The molecule has 0 saturated heterocycles. The molecule has 17 nitrogen and oxygen atoms in total.